The van der Waals surface area contributed by atoms with E-state index in [-0.39, 0.29) is 18.1 Å². The van der Waals surface area contributed by atoms with Gasteiger partial charge in [-0.15, -0.1) is 11.6 Å². The van der Waals surface area contributed by atoms with Gasteiger partial charge in [0.05, 0.1) is 17.1 Å². The van der Waals surface area contributed by atoms with E-state index in [9.17, 15) is 18.3 Å². The molecule has 0 aromatic heterocycles. The lowest BCUT2D eigenvalue weighted by atomic mass is 9.95. The van der Waals surface area contributed by atoms with Crippen LogP contribution in [0.25, 0.3) is 11.1 Å². The number of sulfone groups is 1. The fourth-order valence-electron chi connectivity index (χ4n) is 3.20. The highest BCUT2D eigenvalue weighted by Gasteiger charge is 2.16. The van der Waals surface area contributed by atoms with E-state index in [2.05, 4.69) is 0 Å². The molecule has 0 bridgehead atoms. The van der Waals surface area contributed by atoms with Gasteiger partial charge in [0.25, 0.3) is 0 Å². The average Bonchev–Trinajstić information content (AvgIpc) is 2.81. The van der Waals surface area contributed by atoms with Crippen molar-refractivity contribution in [2.45, 2.75) is 10.8 Å². The van der Waals surface area contributed by atoms with E-state index in [4.69, 9.17) is 16.3 Å². The number of rotatable bonds is 8. The quantitative estimate of drug-likeness (QED) is 0.296. The lowest BCUT2D eigenvalue weighted by Crippen LogP contribution is -2.10. The third-order valence-corrected chi connectivity index (χ3v) is 6.40. The number of halogens is 1. The second-order valence-corrected chi connectivity index (χ2v) is 9.47. The number of ether oxygens (including phenoxy) is 1. The molecule has 0 spiro atoms. The van der Waals surface area contributed by atoms with Gasteiger partial charge in [-0.3, -0.25) is 0 Å². The Balaban J connectivity index is 1.96. The van der Waals surface area contributed by atoms with Crippen molar-refractivity contribution in [3.8, 4) is 0 Å². The minimum absolute atomic E-state index is 0.0981. The van der Waals surface area contributed by atoms with E-state index in [0.29, 0.717) is 28.2 Å². The molecule has 0 atom stereocenters. The Labute approximate surface area is 192 Å². The number of alkyl halides is 1. The van der Waals surface area contributed by atoms with Gasteiger partial charge < -0.3 is 9.84 Å². The first-order chi connectivity index (χ1) is 15.3. The van der Waals surface area contributed by atoms with Crippen LogP contribution in [0.4, 0.5) is 0 Å². The van der Waals surface area contributed by atoms with Crippen LogP contribution in [0.1, 0.15) is 27.0 Å². The first kappa shape index (κ1) is 23.7. The zero-order chi connectivity index (χ0) is 23.1. The van der Waals surface area contributed by atoms with Crippen molar-refractivity contribution in [1.82, 2.24) is 0 Å². The van der Waals surface area contributed by atoms with Crippen LogP contribution >= 0.6 is 11.6 Å². The minimum Gasteiger partial charge on any atom is -0.457 e. The lowest BCUT2D eigenvalue weighted by molar-refractivity contribution is 0.0557. The molecule has 0 aliphatic carbocycles. The molecule has 0 amide bonds. The van der Waals surface area contributed by atoms with Gasteiger partial charge in [-0.1, -0.05) is 54.6 Å². The Morgan fingerprint density at radius 1 is 0.844 bits per heavy atom. The first-order valence-electron chi connectivity index (χ1n) is 9.84. The topological polar surface area (TPSA) is 80.7 Å². The Kier molecular flexibility index (Phi) is 7.85. The van der Waals surface area contributed by atoms with Crippen LogP contribution in [0.15, 0.2) is 83.8 Å². The molecule has 0 heterocycles. The number of aliphatic hydroxyl groups excluding tert-OH is 1. The third kappa shape index (κ3) is 5.85. The van der Waals surface area contributed by atoms with E-state index in [1.165, 1.54) is 12.1 Å². The van der Waals surface area contributed by atoms with Crippen molar-refractivity contribution >= 4 is 38.6 Å². The highest BCUT2D eigenvalue weighted by atomic mass is 35.5. The number of carbonyl (C=O) groups is 1. The van der Waals surface area contributed by atoms with Crippen molar-refractivity contribution < 1.29 is 23.1 Å². The van der Waals surface area contributed by atoms with Gasteiger partial charge in [-0.2, -0.15) is 0 Å². The molecule has 0 aliphatic rings. The summed E-state index contributed by atoms with van der Waals surface area (Å²) in [7, 11) is -3.35. The molecular weight excluding hydrogens is 448 g/mol. The molecule has 3 rings (SSSR count). The van der Waals surface area contributed by atoms with Gasteiger partial charge in [0.15, 0.2) is 9.84 Å². The molecule has 3 aromatic rings. The molecule has 7 heteroatoms. The summed E-state index contributed by atoms with van der Waals surface area (Å²) in [5, 5.41) is 10.1. The standard InChI is InChI=1S/C25H23ClO5S/c1-32(29,30)22-13-11-20(12-14-22)24(23(16-27)19-5-3-2-4-6-19)17-31-25(28)21-9-7-18(15-26)8-10-21/h2-14,27H,15-17H2,1H3/b24-23-. The van der Waals surface area contributed by atoms with E-state index in [1.807, 2.05) is 30.3 Å². The smallest absolute Gasteiger partial charge is 0.338 e. The normalized spacial score (nSPS) is 12.2. The minimum atomic E-state index is -3.35. The summed E-state index contributed by atoms with van der Waals surface area (Å²) < 4.78 is 29.2. The summed E-state index contributed by atoms with van der Waals surface area (Å²) in [4.78, 5) is 12.8. The van der Waals surface area contributed by atoms with Crippen molar-refractivity contribution in [3.63, 3.8) is 0 Å². The Morgan fingerprint density at radius 2 is 1.41 bits per heavy atom. The SMILES string of the molecule is CS(=O)(=O)c1ccc(/C(COC(=O)c2ccc(CCl)cc2)=C(/CO)c2ccccc2)cc1. The highest BCUT2D eigenvalue weighted by Crippen LogP contribution is 2.28. The van der Waals surface area contributed by atoms with Gasteiger partial charge in [0.1, 0.15) is 6.61 Å². The molecule has 0 fully saturated rings. The van der Waals surface area contributed by atoms with Crippen LogP contribution in [0.2, 0.25) is 0 Å². The number of hydrogen-bond acceptors (Lipinski definition) is 5. The van der Waals surface area contributed by atoms with Crippen LogP contribution in [0, 0.1) is 0 Å². The molecule has 3 aromatic carbocycles. The lowest BCUT2D eigenvalue weighted by Gasteiger charge is -2.16. The monoisotopic (exact) mass is 470 g/mol. The number of benzene rings is 3. The summed E-state index contributed by atoms with van der Waals surface area (Å²) in [6.07, 6.45) is 1.14. The van der Waals surface area contributed by atoms with Crippen LogP contribution in [0.3, 0.4) is 0 Å². The average molecular weight is 471 g/mol. The van der Waals surface area contributed by atoms with Gasteiger partial charge in [0, 0.05) is 17.7 Å². The molecule has 1 N–H and O–H groups in total. The Bertz CT molecular complexity index is 1200. The van der Waals surface area contributed by atoms with Gasteiger partial charge >= 0.3 is 5.97 Å². The second-order valence-electron chi connectivity index (χ2n) is 7.18. The summed E-state index contributed by atoms with van der Waals surface area (Å²) in [6, 6.07) is 22.4. The van der Waals surface area contributed by atoms with E-state index in [1.54, 1.807) is 36.4 Å². The molecule has 166 valence electrons. The predicted molar refractivity (Wildman–Crippen MR) is 126 cm³/mol. The van der Waals surface area contributed by atoms with Crippen LogP contribution in [-0.2, 0) is 20.5 Å². The van der Waals surface area contributed by atoms with Gasteiger partial charge in [0.2, 0.25) is 0 Å². The zero-order valence-corrected chi connectivity index (χ0v) is 19.1. The summed E-state index contributed by atoms with van der Waals surface area (Å²) in [6.45, 7) is -0.381. The second kappa shape index (κ2) is 10.6. The summed E-state index contributed by atoms with van der Waals surface area (Å²) >= 11 is 5.79. The van der Waals surface area contributed by atoms with Crippen LogP contribution in [-0.4, -0.2) is 39.0 Å². The predicted octanol–water partition coefficient (Wildman–Crippen LogP) is 4.59. The molecule has 32 heavy (non-hydrogen) atoms. The molecule has 5 nitrogen and oxygen atoms in total. The molecular formula is C25H23ClO5S. The van der Waals surface area contributed by atoms with Crippen molar-refractivity contribution in [1.29, 1.82) is 0 Å². The molecule has 0 unspecified atom stereocenters. The number of aliphatic hydroxyl groups is 1. The van der Waals surface area contributed by atoms with Crippen molar-refractivity contribution in [2.24, 2.45) is 0 Å². The first-order valence-corrected chi connectivity index (χ1v) is 12.3. The molecule has 0 saturated carbocycles. The maximum Gasteiger partial charge on any atom is 0.338 e. The maximum absolute atomic E-state index is 12.6. The summed E-state index contributed by atoms with van der Waals surface area (Å²) in [5.41, 5.74) is 3.88. The number of esters is 1. The van der Waals surface area contributed by atoms with Crippen LogP contribution < -0.4 is 0 Å². The zero-order valence-electron chi connectivity index (χ0n) is 17.5. The fraction of sp³-hybridized carbons (Fsp3) is 0.160. The van der Waals surface area contributed by atoms with Crippen molar-refractivity contribution in [3.05, 3.63) is 101 Å². The van der Waals surface area contributed by atoms with Crippen molar-refractivity contribution in [2.75, 3.05) is 19.5 Å². The third-order valence-electron chi connectivity index (χ3n) is 4.97. The molecule has 0 radical (unpaired) electrons. The van der Waals surface area contributed by atoms with Gasteiger partial charge in [-0.05, 0) is 46.5 Å². The summed E-state index contributed by atoms with van der Waals surface area (Å²) in [5.74, 6) is -0.162. The number of carbonyl (C=O) groups excluding carboxylic acids is 1. The number of hydrogen-bond donors (Lipinski definition) is 1. The highest BCUT2D eigenvalue weighted by molar-refractivity contribution is 7.90. The van der Waals surface area contributed by atoms with Crippen LogP contribution in [0.5, 0.6) is 0 Å². The van der Waals surface area contributed by atoms with E-state index in [0.717, 1.165) is 17.4 Å². The molecule has 0 aliphatic heterocycles. The van der Waals surface area contributed by atoms with E-state index >= 15 is 0 Å². The maximum atomic E-state index is 12.6. The van der Waals surface area contributed by atoms with E-state index < -0.39 is 15.8 Å². The molecule has 0 saturated heterocycles. The fourth-order valence-corrected chi connectivity index (χ4v) is 4.01. The Hall–Kier alpha value is -2.93. The van der Waals surface area contributed by atoms with Gasteiger partial charge in [-0.25, -0.2) is 13.2 Å². The Morgan fingerprint density at radius 3 is 1.94 bits per heavy atom. The largest absolute Gasteiger partial charge is 0.457 e.